The third-order valence-electron chi connectivity index (χ3n) is 4.84. The van der Waals surface area contributed by atoms with Gasteiger partial charge in [0, 0.05) is 0 Å². The summed E-state index contributed by atoms with van der Waals surface area (Å²) in [5.74, 6) is -0.236. The van der Waals surface area contributed by atoms with Gasteiger partial charge >= 0.3 is 5.97 Å². The molecule has 0 amide bonds. The summed E-state index contributed by atoms with van der Waals surface area (Å²) in [6.45, 7) is 2.17. The van der Waals surface area contributed by atoms with Crippen LogP contribution in [-0.2, 0) is 14.4 Å². The van der Waals surface area contributed by atoms with Gasteiger partial charge in [-0.15, -0.1) is 0 Å². The van der Waals surface area contributed by atoms with Crippen molar-refractivity contribution in [3.05, 3.63) is 0 Å². The van der Waals surface area contributed by atoms with Crippen molar-refractivity contribution in [2.45, 2.75) is 63.5 Å². The maximum absolute atomic E-state index is 12.5. The van der Waals surface area contributed by atoms with Gasteiger partial charge in [-0.3, -0.25) is 4.79 Å². The SMILES string of the molecule is CCOC(=O)[C@@]12CCCC[C@]1(O)[C@@H](NOC)CCC2. The Hall–Kier alpha value is -0.650. The molecule has 0 spiro atoms. The second-order valence-electron chi connectivity index (χ2n) is 5.70. The molecule has 110 valence electrons. The van der Waals surface area contributed by atoms with Gasteiger partial charge in [0.15, 0.2) is 0 Å². The summed E-state index contributed by atoms with van der Waals surface area (Å²) in [4.78, 5) is 17.5. The van der Waals surface area contributed by atoms with Crippen LogP contribution in [0.3, 0.4) is 0 Å². The second-order valence-corrected chi connectivity index (χ2v) is 5.70. The standard InChI is InChI=1S/C14H25NO4/c1-3-19-12(16)13-8-4-5-10-14(13,17)11(15-18-2)7-6-9-13/h11,15,17H,3-10H2,1-2H3/t11-,13-,14-/m0/s1. The molecule has 0 unspecified atom stereocenters. The largest absolute Gasteiger partial charge is 0.465 e. The molecular formula is C14H25NO4. The first-order chi connectivity index (χ1) is 9.10. The molecule has 0 saturated heterocycles. The normalized spacial score (nSPS) is 38.6. The van der Waals surface area contributed by atoms with Gasteiger partial charge in [-0.25, -0.2) is 0 Å². The average molecular weight is 271 g/mol. The number of carbonyl (C=O) groups is 1. The number of rotatable bonds is 4. The van der Waals surface area contributed by atoms with Crippen LogP contribution in [0, 0.1) is 5.41 Å². The molecule has 0 aromatic heterocycles. The number of carbonyl (C=O) groups excluding carboxylic acids is 1. The molecule has 19 heavy (non-hydrogen) atoms. The minimum atomic E-state index is -1.05. The Morgan fingerprint density at radius 2 is 2.00 bits per heavy atom. The van der Waals surface area contributed by atoms with E-state index >= 15 is 0 Å². The van der Waals surface area contributed by atoms with Gasteiger partial charge in [-0.2, -0.15) is 5.48 Å². The summed E-state index contributed by atoms with van der Waals surface area (Å²) in [6.07, 6.45) is 5.70. The number of aliphatic hydroxyl groups is 1. The molecule has 2 aliphatic carbocycles. The van der Waals surface area contributed by atoms with E-state index in [9.17, 15) is 9.90 Å². The Labute approximate surface area is 114 Å². The third-order valence-corrected chi connectivity index (χ3v) is 4.84. The molecule has 2 N–H and O–H groups in total. The van der Waals surface area contributed by atoms with Crippen molar-refractivity contribution in [2.24, 2.45) is 5.41 Å². The minimum Gasteiger partial charge on any atom is -0.465 e. The van der Waals surface area contributed by atoms with Crippen LogP contribution in [-0.4, -0.2) is 36.4 Å². The second kappa shape index (κ2) is 5.77. The first-order valence-corrected chi connectivity index (χ1v) is 7.29. The van der Waals surface area contributed by atoms with Crippen LogP contribution in [0.15, 0.2) is 0 Å². The molecule has 0 heterocycles. The lowest BCUT2D eigenvalue weighted by Gasteiger charge is -2.55. The first kappa shape index (κ1) is 14.8. The van der Waals surface area contributed by atoms with E-state index in [0.29, 0.717) is 25.9 Å². The fraction of sp³-hybridized carbons (Fsp3) is 0.929. The molecule has 5 nitrogen and oxygen atoms in total. The van der Waals surface area contributed by atoms with E-state index in [1.165, 1.54) is 0 Å². The van der Waals surface area contributed by atoms with Crippen molar-refractivity contribution in [2.75, 3.05) is 13.7 Å². The van der Waals surface area contributed by atoms with E-state index in [2.05, 4.69) is 5.48 Å². The smallest absolute Gasteiger partial charge is 0.315 e. The highest BCUT2D eigenvalue weighted by molar-refractivity contribution is 5.79. The molecule has 2 fully saturated rings. The summed E-state index contributed by atoms with van der Waals surface area (Å²) in [5, 5.41) is 11.2. The molecule has 2 rings (SSSR count). The molecule has 0 aromatic carbocycles. The van der Waals surface area contributed by atoms with Gasteiger partial charge in [-0.05, 0) is 32.6 Å². The first-order valence-electron chi connectivity index (χ1n) is 7.29. The Balaban J connectivity index is 2.32. The molecule has 2 saturated carbocycles. The molecular weight excluding hydrogens is 246 g/mol. The maximum atomic E-state index is 12.5. The zero-order valence-corrected chi connectivity index (χ0v) is 11.9. The Morgan fingerprint density at radius 3 is 2.68 bits per heavy atom. The Morgan fingerprint density at radius 1 is 1.32 bits per heavy atom. The number of hydrogen-bond donors (Lipinski definition) is 2. The number of fused-ring (bicyclic) bond motifs is 1. The van der Waals surface area contributed by atoms with E-state index < -0.39 is 11.0 Å². The van der Waals surface area contributed by atoms with Crippen LogP contribution < -0.4 is 5.48 Å². The number of ether oxygens (including phenoxy) is 1. The van der Waals surface area contributed by atoms with Crippen molar-refractivity contribution in [3.63, 3.8) is 0 Å². The molecule has 0 radical (unpaired) electrons. The summed E-state index contributed by atoms with van der Waals surface area (Å²) >= 11 is 0. The summed E-state index contributed by atoms with van der Waals surface area (Å²) in [6, 6.07) is -0.198. The number of nitrogens with one attached hydrogen (secondary N) is 1. The van der Waals surface area contributed by atoms with Gasteiger partial charge in [0.1, 0.15) is 0 Å². The van der Waals surface area contributed by atoms with Crippen molar-refractivity contribution in [1.82, 2.24) is 5.48 Å². The van der Waals surface area contributed by atoms with Crippen LogP contribution in [0.2, 0.25) is 0 Å². The third kappa shape index (κ3) is 2.28. The van der Waals surface area contributed by atoms with Crippen molar-refractivity contribution in [3.8, 4) is 0 Å². The van der Waals surface area contributed by atoms with Gasteiger partial charge in [0.2, 0.25) is 0 Å². The van der Waals surface area contributed by atoms with Gasteiger partial charge in [0.25, 0.3) is 0 Å². The summed E-state index contributed by atoms with van der Waals surface area (Å²) in [5.41, 5.74) is 1.08. The van der Waals surface area contributed by atoms with Gasteiger partial charge in [-0.1, -0.05) is 19.3 Å². The quantitative estimate of drug-likeness (QED) is 0.600. The fourth-order valence-corrected chi connectivity index (χ4v) is 3.92. The Bertz CT molecular complexity index is 329. The monoisotopic (exact) mass is 271 g/mol. The zero-order chi connectivity index (χ0) is 13.9. The van der Waals surface area contributed by atoms with Crippen LogP contribution in [0.5, 0.6) is 0 Å². The highest BCUT2D eigenvalue weighted by Crippen LogP contribution is 2.54. The highest BCUT2D eigenvalue weighted by Gasteiger charge is 2.62. The van der Waals surface area contributed by atoms with Gasteiger partial charge in [0.05, 0.1) is 30.8 Å². The lowest BCUT2D eigenvalue weighted by molar-refractivity contribution is -0.208. The summed E-state index contributed by atoms with van der Waals surface area (Å²) in [7, 11) is 1.55. The topological polar surface area (TPSA) is 67.8 Å². The van der Waals surface area contributed by atoms with E-state index in [1.807, 2.05) is 6.92 Å². The molecule has 2 aliphatic rings. The fourth-order valence-electron chi connectivity index (χ4n) is 3.92. The van der Waals surface area contributed by atoms with Crippen molar-refractivity contribution < 1.29 is 19.5 Å². The lowest BCUT2D eigenvalue weighted by atomic mass is 9.54. The highest BCUT2D eigenvalue weighted by atomic mass is 16.6. The number of hydrogen-bond acceptors (Lipinski definition) is 5. The number of esters is 1. The van der Waals surface area contributed by atoms with Gasteiger partial charge < -0.3 is 14.7 Å². The number of hydroxylamine groups is 1. The Kier molecular flexibility index (Phi) is 4.48. The molecule has 0 bridgehead atoms. The maximum Gasteiger partial charge on any atom is 0.315 e. The molecule has 0 aromatic rings. The van der Waals surface area contributed by atoms with E-state index in [-0.39, 0.29) is 12.0 Å². The predicted molar refractivity (Wildman–Crippen MR) is 70.3 cm³/mol. The van der Waals surface area contributed by atoms with Crippen molar-refractivity contribution in [1.29, 1.82) is 0 Å². The van der Waals surface area contributed by atoms with Crippen LogP contribution in [0.1, 0.15) is 51.9 Å². The van der Waals surface area contributed by atoms with E-state index in [4.69, 9.17) is 9.57 Å². The predicted octanol–water partition coefficient (Wildman–Crippen LogP) is 1.54. The van der Waals surface area contributed by atoms with Crippen LogP contribution >= 0.6 is 0 Å². The molecule has 5 heteroatoms. The molecule has 3 atom stereocenters. The van der Waals surface area contributed by atoms with Crippen LogP contribution in [0.4, 0.5) is 0 Å². The van der Waals surface area contributed by atoms with Crippen LogP contribution in [0.25, 0.3) is 0 Å². The summed E-state index contributed by atoms with van der Waals surface area (Å²) < 4.78 is 5.27. The average Bonchev–Trinajstić information content (AvgIpc) is 2.40. The van der Waals surface area contributed by atoms with E-state index in [1.54, 1.807) is 7.11 Å². The van der Waals surface area contributed by atoms with E-state index in [0.717, 1.165) is 25.7 Å². The van der Waals surface area contributed by atoms with Crippen molar-refractivity contribution >= 4 is 5.97 Å². The lowest BCUT2D eigenvalue weighted by Crippen LogP contribution is -2.67. The minimum absolute atomic E-state index is 0.198. The zero-order valence-electron chi connectivity index (χ0n) is 11.9. The molecule has 0 aliphatic heterocycles.